The highest BCUT2D eigenvalue weighted by Gasteiger charge is 2.13. The molecule has 0 aliphatic carbocycles. The van der Waals surface area contributed by atoms with Crippen molar-refractivity contribution in [2.75, 3.05) is 13.6 Å². The van der Waals surface area contributed by atoms with E-state index < -0.39 is 6.10 Å². The van der Waals surface area contributed by atoms with Crippen molar-refractivity contribution in [1.29, 1.82) is 0 Å². The highest BCUT2D eigenvalue weighted by Crippen LogP contribution is 2.18. The summed E-state index contributed by atoms with van der Waals surface area (Å²) in [6, 6.07) is 6.77. The first-order valence-electron chi connectivity index (χ1n) is 6.72. The summed E-state index contributed by atoms with van der Waals surface area (Å²) in [6.45, 7) is 5.17. The fourth-order valence-corrected chi connectivity index (χ4v) is 2.30. The van der Waals surface area contributed by atoms with Crippen molar-refractivity contribution in [2.45, 2.75) is 45.3 Å². The summed E-state index contributed by atoms with van der Waals surface area (Å²) in [4.78, 5) is 2.27. The molecular weight excluding hydrogens is 229 g/mol. The molecule has 0 amide bonds. The van der Waals surface area contributed by atoms with Gasteiger partial charge in [0.1, 0.15) is 5.82 Å². The summed E-state index contributed by atoms with van der Waals surface area (Å²) in [5, 5.41) is 10.0. The second-order valence-corrected chi connectivity index (χ2v) is 4.81. The van der Waals surface area contributed by atoms with E-state index in [-0.39, 0.29) is 5.82 Å². The van der Waals surface area contributed by atoms with Crippen LogP contribution >= 0.6 is 0 Å². The fraction of sp³-hybridized carbons (Fsp3) is 0.600. The zero-order valence-corrected chi connectivity index (χ0v) is 11.6. The van der Waals surface area contributed by atoms with E-state index in [4.69, 9.17) is 0 Å². The number of benzene rings is 1. The van der Waals surface area contributed by atoms with Crippen molar-refractivity contribution in [3.63, 3.8) is 0 Å². The van der Waals surface area contributed by atoms with Crippen LogP contribution in [0.2, 0.25) is 0 Å². The molecule has 0 aromatic heterocycles. The van der Waals surface area contributed by atoms with Gasteiger partial charge in [-0.15, -0.1) is 0 Å². The van der Waals surface area contributed by atoms with Crippen LogP contribution in [0.1, 0.15) is 44.8 Å². The van der Waals surface area contributed by atoms with E-state index in [1.807, 2.05) is 0 Å². The molecule has 1 N–H and O–H groups in total. The minimum Gasteiger partial charge on any atom is -0.388 e. The van der Waals surface area contributed by atoms with Gasteiger partial charge in [0.15, 0.2) is 0 Å². The number of rotatable bonds is 7. The average molecular weight is 253 g/mol. The molecule has 0 fully saturated rings. The van der Waals surface area contributed by atoms with Crippen molar-refractivity contribution in [3.8, 4) is 0 Å². The zero-order valence-electron chi connectivity index (χ0n) is 11.6. The van der Waals surface area contributed by atoms with Gasteiger partial charge in [0.2, 0.25) is 0 Å². The Hall–Kier alpha value is -0.930. The van der Waals surface area contributed by atoms with Crippen LogP contribution in [0.15, 0.2) is 24.3 Å². The van der Waals surface area contributed by atoms with E-state index in [2.05, 4.69) is 25.8 Å². The highest BCUT2D eigenvalue weighted by atomic mass is 19.1. The third-order valence-electron chi connectivity index (χ3n) is 3.55. The molecule has 1 atom stereocenters. The van der Waals surface area contributed by atoms with Crippen molar-refractivity contribution in [2.24, 2.45) is 0 Å². The normalized spacial score (nSPS) is 13.3. The molecule has 0 spiro atoms. The smallest absolute Gasteiger partial charge is 0.123 e. The number of hydrogen-bond acceptors (Lipinski definition) is 2. The van der Waals surface area contributed by atoms with Gasteiger partial charge in [-0.2, -0.15) is 0 Å². The van der Waals surface area contributed by atoms with E-state index in [1.54, 1.807) is 12.1 Å². The monoisotopic (exact) mass is 253 g/mol. The molecule has 0 saturated carbocycles. The van der Waals surface area contributed by atoms with Crippen molar-refractivity contribution in [1.82, 2.24) is 4.90 Å². The maximum atomic E-state index is 13.0. The summed E-state index contributed by atoms with van der Waals surface area (Å²) < 4.78 is 13.0. The molecule has 0 saturated heterocycles. The Morgan fingerprint density at radius 1 is 1.28 bits per heavy atom. The van der Waals surface area contributed by atoms with E-state index in [9.17, 15) is 9.50 Å². The molecule has 1 aromatic rings. The van der Waals surface area contributed by atoms with Gasteiger partial charge in [0, 0.05) is 12.6 Å². The molecule has 18 heavy (non-hydrogen) atoms. The van der Waals surface area contributed by atoms with Crippen LogP contribution in [0.25, 0.3) is 0 Å². The first-order chi connectivity index (χ1) is 8.58. The molecule has 1 aromatic carbocycles. The molecule has 0 radical (unpaired) electrons. The summed E-state index contributed by atoms with van der Waals surface area (Å²) in [6.07, 6.45) is 2.28. The van der Waals surface area contributed by atoms with E-state index in [0.29, 0.717) is 18.0 Å². The fourth-order valence-electron chi connectivity index (χ4n) is 2.30. The van der Waals surface area contributed by atoms with Crippen molar-refractivity contribution < 1.29 is 9.50 Å². The first kappa shape index (κ1) is 15.1. The molecule has 102 valence electrons. The van der Waals surface area contributed by atoms with Crippen LogP contribution in [0.4, 0.5) is 4.39 Å². The Balaban J connectivity index is 2.48. The van der Waals surface area contributed by atoms with Gasteiger partial charge in [-0.25, -0.2) is 4.39 Å². The average Bonchev–Trinajstić information content (AvgIpc) is 2.37. The quantitative estimate of drug-likeness (QED) is 0.805. The lowest BCUT2D eigenvalue weighted by Gasteiger charge is -2.27. The van der Waals surface area contributed by atoms with Crippen LogP contribution in [0.5, 0.6) is 0 Å². The molecule has 3 heteroatoms. The van der Waals surface area contributed by atoms with Gasteiger partial charge in [0.25, 0.3) is 0 Å². The van der Waals surface area contributed by atoms with Gasteiger partial charge in [-0.3, -0.25) is 0 Å². The summed E-state index contributed by atoms with van der Waals surface area (Å²) in [5.41, 5.74) is 0.660. The lowest BCUT2D eigenvalue weighted by Crippen LogP contribution is -2.32. The summed E-state index contributed by atoms with van der Waals surface area (Å²) in [5.74, 6) is -0.292. The maximum absolute atomic E-state index is 13.0. The molecule has 2 nitrogen and oxygen atoms in total. The standard InChI is InChI=1S/C15H24FNO/c1-4-14(5-2)17(3)10-9-15(18)12-7-6-8-13(16)11-12/h6-8,11,14-15,18H,4-5,9-10H2,1-3H3. The minimum atomic E-state index is -0.586. The summed E-state index contributed by atoms with van der Waals surface area (Å²) in [7, 11) is 2.08. The van der Waals surface area contributed by atoms with Gasteiger partial charge in [-0.1, -0.05) is 26.0 Å². The van der Waals surface area contributed by atoms with E-state index >= 15 is 0 Å². The Morgan fingerprint density at radius 2 is 1.94 bits per heavy atom. The van der Waals surface area contributed by atoms with Gasteiger partial charge in [0.05, 0.1) is 6.10 Å². The van der Waals surface area contributed by atoms with Gasteiger partial charge < -0.3 is 10.0 Å². The minimum absolute atomic E-state index is 0.292. The van der Waals surface area contributed by atoms with Crippen LogP contribution in [-0.2, 0) is 0 Å². The topological polar surface area (TPSA) is 23.5 Å². The van der Waals surface area contributed by atoms with Crippen LogP contribution < -0.4 is 0 Å². The largest absolute Gasteiger partial charge is 0.388 e. The molecule has 0 heterocycles. The predicted molar refractivity (Wildman–Crippen MR) is 73.0 cm³/mol. The Kier molecular flexibility index (Phi) is 6.30. The summed E-state index contributed by atoms with van der Waals surface area (Å²) >= 11 is 0. The lowest BCUT2D eigenvalue weighted by atomic mass is 10.1. The van der Waals surface area contributed by atoms with Crippen LogP contribution in [0, 0.1) is 5.82 Å². The predicted octanol–water partition coefficient (Wildman–Crippen LogP) is 3.37. The van der Waals surface area contributed by atoms with Gasteiger partial charge in [-0.05, 0) is 44.0 Å². The second-order valence-electron chi connectivity index (χ2n) is 4.81. The number of aliphatic hydroxyl groups is 1. The Bertz CT molecular complexity index is 352. The second kappa shape index (κ2) is 7.49. The van der Waals surface area contributed by atoms with Crippen molar-refractivity contribution in [3.05, 3.63) is 35.6 Å². The maximum Gasteiger partial charge on any atom is 0.123 e. The molecule has 1 rings (SSSR count). The Labute approximate surface area is 109 Å². The van der Waals surface area contributed by atoms with Crippen molar-refractivity contribution >= 4 is 0 Å². The van der Waals surface area contributed by atoms with Crippen LogP contribution in [-0.4, -0.2) is 29.6 Å². The molecule has 0 bridgehead atoms. The molecule has 0 aliphatic heterocycles. The SMILES string of the molecule is CCC(CC)N(C)CCC(O)c1cccc(F)c1. The first-order valence-corrected chi connectivity index (χ1v) is 6.72. The number of nitrogens with zero attached hydrogens (tertiary/aromatic N) is 1. The van der Waals surface area contributed by atoms with E-state index in [0.717, 1.165) is 19.4 Å². The number of hydrogen-bond donors (Lipinski definition) is 1. The van der Waals surface area contributed by atoms with E-state index in [1.165, 1.54) is 12.1 Å². The van der Waals surface area contributed by atoms with Gasteiger partial charge >= 0.3 is 0 Å². The molecular formula is C15H24FNO. The number of aliphatic hydroxyl groups excluding tert-OH is 1. The molecule has 1 unspecified atom stereocenters. The third-order valence-corrected chi connectivity index (χ3v) is 3.55. The molecule has 0 aliphatic rings. The lowest BCUT2D eigenvalue weighted by molar-refractivity contribution is 0.133. The third kappa shape index (κ3) is 4.39. The highest BCUT2D eigenvalue weighted by molar-refractivity contribution is 5.18. The van der Waals surface area contributed by atoms with Crippen LogP contribution in [0.3, 0.4) is 0 Å². The zero-order chi connectivity index (χ0) is 13.5. The Morgan fingerprint density at radius 3 is 2.50 bits per heavy atom. The number of halogens is 1.